The Morgan fingerprint density at radius 3 is 2.68 bits per heavy atom. The van der Waals surface area contributed by atoms with Crippen molar-refractivity contribution in [3.05, 3.63) is 35.9 Å². The van der Waals surface area contributed by atoms with E-state index >= 15 is 0 Å². The summed E-state index contributed by atoms with van der Waals surface area (Å²) in [6, 6.07) is 3.63. The van der Waals surface area contributed by atoms with Crippen LogP contribution in [0.1, 0.15) is 20.8 Å². The molecule has 0 fully saturated rings. The number of hydrogen-bond acceptors (Lipinski definition) is 5. The topological polar surface area (TPSA) is 69.5 Å². The monoisotopic (exact) mass is 388 g/mol. The van der Waals surface area contributed by atoms with Crippen molar-refractivity contribution >= 4 is 35.8 Å². The molecule has 2 aromatic rings. The fourth-order valence-corrected chi connectivity index (χ4v) is 2.19. The smallest absolute Gasteiger partial charge is 0.415 e. The molecule has 0 saturated carbocycles. The van der Waals surface area contributed by atoms with Crippen molar-refractivity contribution in [3.63, 3.8) is 0 Å². The average Bonchev–Trinajstić information content (AvgIpc) is 2.89. The molecule has 0 N–H and O–H groups in total. The van der Waals surface area contributed by atoms with Gasteiger partial charge in [0.1, 0.15) is 11.3 Å². The van der Waals surface area contributed by atoms with Crippen LogP contribution in [0.25, 0.3) is 5.69 Å². The number of methoxy groups -OCH3 is 1. The molecular formula is C16H22Cl2N4O3. The SMILES string of the molecule is COCCN(C(=O)OC(C)(C)C)c1cn(-c2cccnc2)nc1Cl.Cl. The van der Waals surface area contributed by atoms with Crippen LogP contribution in [0, 0.1) is 0 Å². The number of anilines is 1. The van der Waals surface area contributed by atoms with E-state index in [0.29, 0.717) is 18.8 Å². The van der Waals surface area contributed by atoms with Gasteiger partial charge in [0.25, 0.3) is 0 Å². The van der Waals surface area contributed by atoms with E-state index < -0.39 is 11.7 Å². The number of nitrogens with zero attached hydrogens (tertiary/aromatic N) is 4. The molecule has 2 heterocycles. The number of pyridine rings is 1. The van der Waals surface area contributed by atoms with Crippen LogP contribution < -0.4 is 4.90 Å². The summed E-state index contributed by atoms with van der Waals surface area (Å²) in [5.74, 6) is 0. The van der Waals surface area contributed by atoms with Crippen molar-refractivity contribution in [3.8, 4) is 5.69 Å². The first-order valence-electron chi connectivity index (χ1n) is 7.47. The minimum absolute atomic E-state index is 0. The van der Waals surface area contributed by atoms with Gasteiger partial charge in [-0.05, 0) is 32.9 Å². The third-order valence-corrected chi connectivity index (χ3v) is 3.25. The highest BCUT2D eigenvalue weighted by Crippen LogP contribution is 2.27. The van der Waals surface area contributed by atoms with Gasteiger partial charge >= 0.3 is 6.09 Å². The number of halogens is 2. The molecule has 0 aromatic carbocycles. The van der Waals surface area contributed by atoms with Gasteiger partial charge in [-0.3, -0.25) is 9.88 Å². The molecule has 0 aliphatic heterocycles. The minimum Gasteiger partial charge on any atom is -0.443 e. The van der Waals surface area contributed by atoms with Crippen LogP contribution in [0.3, 0.4) is 0 Å². The maximum Gasteiger partial charge on any atom is 0.415 e. The molecule has 0 radical (unpaired) electrons. The highest BCUT2D eigenvalue weighted by atomic mass is 35.5. The third kappa shape index (κ3) is 5.88. The van der Waals surface area contributed by atoms with E-state index in [2.05, 4.69) is 10.1 Å². The number of hydrogen-bond donors (Lipinski definition) is 0. The van der Waals surface area contributed by atoms with Crippen molar-refractivity contribution in [2.45, 2.75) is 26.4 Å². The largest absolute Gasteiger partial charge is 0.443 e. The quantitative estimate of drug-likeness (QED) is 0.780. The number of aromatic nitrogens is 3. The van der Waals surface area contributed by atoms with Crippen molar-refractivity contribution in [1.29, 1.82) is 0 Å². The number of carbonyl (C=O) groups excluding carboxylic acids is 1. The van der Waals surface area contributed by atoms with Crippen molar-refractivity contribution in [2.75, 3.05) is 25.2 Å². The Hall–Kier alpha value is -1.83. The third-order valence-electron chi connectivity index (χ3n) is 2.99. The molecule has 7 nitrogen and oxygen atoms in total. The summed E-state index contributed by atoms with van der Waals surface area (Å²) in [4.78, 5) is 18.0. The van der Waals surface area contributed by atoms with Gasteiger partial charge in [-0.1, -0.05) is 11.6 Å². The van der Waals surface area contributed by atoms with E-state index in [4.69, 9.17) is 21.1 Å². The number of ether oxygens (including phenoxy) is 2. The molecule has 0 aliphatic carbocycles. The summed E-state index contributed by atoms with van der Waals surface area (Å²) < 4.78 is 12.1. The van der Waals surface area contributed by atoms with Crippen molar-refractivity contribution < 1.29 is 14.3 Å². The highest BCUT2D eigenvalue weighted by molar-refractivity contribution is 6.32. The fourth-order valence-electron chi connectivity index (χ4n) is 1.96. The normalized spacial score (nSPS) is 10.9. The van der Waals surface area contributed by atoms with Gasteiger partial charge in [0.05, 0.1) is 31.2 Å². The van der Waals surface area contributed by atoms with Gasteiger partial charge in [0.15, 0.2) is 5.15 Å². The maximum absolute atomic E-state index is 12.5. The zero-order valence-electron chi connectivity index (χ0n) is 14.6. The molecule has 0 unspecified atom stereocenters. The van der Waals surface area contributed by atoms with Gasteiger partial charge in [0.2, 0.25) is 0 Å². The van der Waals surface area contributed by atoms with E-state index in [1.807, 2.05) is 6.07 Å². The van der Waals surface area contributed by atoms with Gasteiger partial charge in [-0.2, -0.15) is 5.10 Å². The predicted molar refractivity (Wildman–Crippen MR) is 99.1 cm³/mol. The molecular weight excluding hydrogens is 367 g/mol. The zero-order chi connectivity index (χ0) is 17.7. The molecule has 1 amide bonds. The second-order valence-electron chi connectivity index (χ2n) is 6.09. The van der Waals surface area contributed by atoms with Crippen LogP contribution >= 0.6 is 24.0 Å². The summed E-state index contributed by atoms with van der Waals surface area (Å²) in [6.07, 6.45) is 4.48. The Balaban J connectivity index is 0.00000312. The lowest BCUT2D eigenvalue weighted by molar-refractivity contribution is 0.0569. The summed E-state index contributed by atoms with van der Waals surface area (Å²) in [5.41, 5.74) is 0.571. The van der Waals surface area contributed by atoms with Gasteiger partial charge in [0, 0.05) is 13.3 Å². The molecule has 2 aromatic heterocycles. The molecule has 0 spiro atoms. The van der Waals surface area contributed by atoms with Crippen LogP contribution in [-0.2, 0) is 9.47 Å². The first-order chi connectivity index (χ1) is 11.3. The molecule has 2 rings (SSSR count). The molecule has 0 saturated heterocycles. The minimum atomic E-state index is -0.617. The Bertz CT molecular complexity index is 686. The average molecular weight is 389 g/mol. The lowest BCUT2D eigenvalue weighted by atomic mass is 10.2. The molecule has 138 valence electrons. The van der Waals surface area contributed by atoms with Gasteiger partial charge in [-0.25, -0.2) is 9.48 Å². The Kier molecular flexibility index (Phi) is 7.66. The standard InChI is InChI=1S/C16H21ClN4O3.ClH/c1-16(2,3)24-15(22)20(8-9-23-4)13-11-21(19-14(13)17)12-6-5-7-18-10-12;/h5-7,10-11H,8-9H2,1-4H3;1H. The van der Waals surface area contributed by atoms with E-state index in [1.54, 1.807) is 57.2 Å². The molecule has 0 bridgehead atoms. The zero-order valence-corrected chi connectivity index (χ0v) is 16.2. The summed E-state index contributed by atoms with van der Waals surface area (Å²) >= 11 is 6.24. The molecule has 9 heteroatoms. The molecule has 0 atom stereocenters. The van der Waals surface area contributed by atoms with E-state index in [0.717, 1.165) is 5.69 Å². The van der Waals surface area contributed by atoms with Crippen LogP contribution in [-0.4, -0.2) is 46.7 Å². The van der Waals surface area contributed by atoms with Crippen molar-refractivity contribution in [1.82, 2.24) is 14.8 Å². The van der Waals surface area contributed by atoms with E-state index in [9.17, 15) is 4.79 Å². The first kappa shape index (κ1) is 21.2. The lowest BCUT2D eigenvalue weighted by Gasteiger charge is -2.26. The van der Waals surface area contributed by atoms with Gasteiger partial charge < -0.3 is 9.47 Å². The first-order valence-corrected chi connectivity index (χ1v) is 7.84. The lowest BCUT2D eigenvalue weighted by Crippen LogP contribution is -2.38. The summed E-state index contributed by atoms with van der Waals surface area (Å²) in [6.45, 7) is 6.05. The van der Waals surface area contributed by atoms with Crippen molar-refractivity contribution in [2.24, 2.45) is 0 Å². The Morgan fingerprint density at radius 2 is 2.12 bits per heavy atom. The highest BCUT2D eigenvalue weighted by Gasteiger charge is 2.26. The Morgan fingerprint density at radius 1 is 1.40 bits per heavy atom. The fraction of sp³-hybridized carbons (Fsp3) is 0.438. The van der Waals surface area contributed by atoms with Crippen LogP contribution in [0.4, 0.5) is 10.5 Å². The second kappa shape index (κ2) is 9.03. The molecule has 0 aliphatic rings. The number of carbonyl (C=O) groups is 1. The van der Waals surface area contributed by atoms with Crippen LogP contribution in [0.5, 0.6) is 0 Å². The van der Waals surface area contributed by atoms with Gasteiger partial charge in [-0.15, -0.1) is 12.4 Å². The van der Waals surface area contributed by atoms with E-state index in [-0.39, 0.29) is 17.6 Å². The second-order valence-corrected chi connectivity index (χ2v) is 6.44. The predicted octanol–water partition coefficient (Wildman–Crippen LogP) is 3.73. The summed E-state index contributed by atoms with van der Waals surface area (Å²) in [7, 11) is 1.56. The summed E-state index contributed by atoms with van der Waals surface area (Å²) in [5, 5.41) is 4.44. The van der Waals surface area contributed by atoms with Crippen LogP contribution in [0.15, 0.2) is 30.7 Å². The van der Waals surface area contributed by atoms with E-state index in [1.165, 1.54) is 4.90 Å². The Labute approximate surface area is 158 Å². The molecule has 25 heavy (non-hydrogen) atoms. The number of rotatable bonds is 5. The van der Waals surface area contributed by atoms with Crippen LogP contribution in [0.2, 0.25) is 5.15 Å². The number of amides is 1. The maximum atomic E-state index is 12.5.